The van der Waals surface area contributed by atoms with Crippen molar-refractivity contribution in [1.29, 1.82) is 0 Å². The second kappa shape index (κ2) is 4.83. The number of hydrogen-bond acceptors (Lipinski definition) is 4. The Hall–Kier alpha value is -1.59. The van der Waals surface area contributed by atoms with Gasteiger partial charge in [-0.05, 0) is 31.0 Å². The van der Waals surface area contributed by atoms with Gasteiger partial charge in [-0.25, -0.2) is 9.97 Å². The molecule has 6 heteroatoms. The third-order valence-corrected chi connectivity index (χ3v) is 4.31. The molecule has 2 N–H and O–H groups in total. The van der Waals surface area contributed by atoms with Gasteiger partial charge in [-0.3, -0.25) is 0 Å². The number of H-pyrrole nitrogens is 1. The summed E-state index contributed by atoms with van der Waals surface area (Å²) in [4.78, 5) is 12.7. The zero-order valence-corrected chi connectivity index (χ0v) is 12.2. The minimum absolute atomic E-state index is 0.572. The van der Waals surface area contributed by atoms with Gasteiger partial charge in [0.2, 0.25) is 0 Å². The van der Waals surface area contributed by atoms with Gasteiger partial charge < -0.3 is 10.3 Å². The maximum atomic E-state index is 5.84. The fraction of sp³-hybridized carbons (Fsp3) is 0.231. The van der Waals surface area contributed by atoms with Gasteiger partial charge in [-0.15, -0.1) is 11.3 Å². The highest BCUT2D eigenvalue weighted by atomic mass is 35.5. The van der Waals surface area contributed by atoms with E-state index in [4.69, 9.17) is 11.6 Å². The molecule has 0 radical (unpaired) electrons. The first-order chi connectivity index (χ1) is 9.15. The topological polar surface area (TPSA) is 53.6 Å². The van der Waals surface area contributed by atoms with Crippen molar-refractivity contribution < 1.29 is 0 Å². The third-order valence-electron chi connectivity index (χ3n) is 3.20. The molecule has 3 rings (SSSR count). The van der Waals surface area contributed by atoms with E-state index in [2.05, 4.69) is 40.2 Å². The Morgan fingerprint density at radius 2 is 2.21 bits per heavy atom. The molecule has 3 aromatic rings. The number of aryl methyl sites for hydroxylation is 1. The van der Waals surface area contributed by atoms with Crippen LogP contribution in [0.1, 0.15) is 16.0 Å². The number of aromatic nitrogens is 3. The van der Waals surface area contributed by atoms with Crippen molar-refractivity contribution in [3.05, 3.63) is 39.1 Å². The van der Waals surface area contributed by atoms with Crippen LogP contribution in [0.25, 0.3) is 11.0 Å². The monoisotopic (exact) mass is 292 g/mol. The molecule has 4 nitrogen and oxygen atoms in total. The van der Waals surface area contributed by atoms with Crippen molar-refractivity contribution >= 4 is 39.7 Å². The van der Waals surface area contributed by atoms with Crippen molar-refractivity contribution in [3.8, 4) is 0 Å². The number of thiazole rings is 1. The second-order valence-corrected chi connectivity index (χ2v) is 6.12. The lowest BCUT2D eigenvalue weighted by molar-refractivity contribution is 1.16. The number of nitrogens with zero attached hydrogens (tertiary/aromatic N) is 2. The molecule has 0 saturated heterocycles. The molecule has 0 bridgehead atoms. The highest BCUT2D eigenvalue weighted by molar-refractivity contribution is 7.15. The largest absolute Gasteiger partial charge is 0.378 e. The lowest BCUT2D eigenvalue weighted by Crippen LogP contribution is -2.01. The van der Waals surface area contributed by atoms with Crippen molar-refractivity contribution in [3.63, 3.8) is 0 Å². The summed E-state index contributed by atoms with van der Waals surface area (Å²) in [6.45, 7) is 4.91. The lowest BCUT2D eigenvalue weighted by Gasteiger charge is -2.11. The zero-order chi connectivity index (χ0) is 13.4. The Labute approximate surface area is 119 Å². The maximum absolute atomic E-state index is 5.84. The van der Waals surface area contributed by atoms with Crippen molar-refractivity contribution in [2.24, 2.45) is 0 Å². The number of halogens is 1. The molecule has 0 spiro atoms. The number of benzene rings is 1. The average Bonchev–Trinajstić information content (AvgIpc) is 2.99. The van der Waals surface area contributed by atoms with Crippen molar-refractivity contribution in [2.45, 2.75) is 20.4 Å². The number of nitrogens with one attached hydrogen (secondary N) is 2. The normalized spacial score (nSPS) is 11.1. The number of hydrogen-bond donors (Lipinski definition) is 2. The first kappa shape index (κ1) is 12.4. The van der Waals surface area contributed by atoms with Gasteiger partial charge >= 0.3 is 0 Å². The molecule has 0 amide bonds. The fourth-order valence-corrected chi connectivity index (χ4v) is 2.99. The summed E-state index contributed by atoms with van der Waals surface area (Å²) < 4.78 is 0.572. The number of anilines is 1. The minimum atomic E-state index is 0.572. The highest BCUT2D eigenvalue weighted by Gasteiger charge is 2.10. The van der Waals surface area contributed by atoms with Gasteiger partial charge in [-0.2, -0.15) is 0 Å². The van der Waals surface area contributed by atoms with E-state index in [1.54, 1.807) is 12.5 Å². The Morgan fingerprint density at radius 1 is 1.37 bits per heavy atom. The number of imidazole rings is 1. The zero-order valence-electron chi connectivity index (χ0n) is 10.6. The summed E-state index contributed by atoms with van der Waals surface area (Å²) in [7, 11) is 0. The van der Waals surface area contributed by atoms with E-state index in [1.165, 1.54) is 22.5 Å². The van der Waals surface area contributed by atoms with Gasteiger partial charge in [0, 0.05) is 11.1 Å². The summed E-state index contributed by atoms with van der Waals surface area (Å²) in [5, 5.41) is 3.44. The number of aromatic amines is 1. The molecule has 0 fully saturated rings. The van der Waals surface area contributed by atoms with Crippen LogP contribution in [0.2, 0.25) is 4.47 Å². The summed E-state index contributed by atoms with van der Waals surface area (Å²) in [5.41, 5.74) is 5.55. The summed E-state index contributed by atoms with van der Waals surface area (Å²) in [6, 6.07) is 2.12. The maximum Gasteiger partial charge on any atom is 0.183 e. The summed E-state index contributed by atoms with van der Waals surface area (Å²) in [5.74, 6) is 0. The number of fused-ring (bicyclic) bond motifs is 1. The van der Waals surface area contributed by atoms with Gasteiger partial charge in [0.1, 0.15) is 5.52 Å². The van der Waals surface area contributed by atoms with Crippen LogP contribution in [-0.4, -0.2) is 15.0 Å². The lowest BCUT2D eigenvalue weighted by atomic mass is 10.1. The van der Waals surface area contributed by atoms with Crippen LogP contribution in [0.4, 0.5) is 5.69 Å². The van der Waals surface area contributed by atoms with Crippen LogP contribution >= 0.6 is 22.9 Å². The van der Waals surface area contributed by atoms with E-state index < -0.39 is 0 Å². The van der Waals surface area contributed by atoms with Crippen molar-refractivity contribution in [1.82, 2.24) is 15.0 Å². The molecular formula is C13H13ClN4S. The number of rotatable bonds is 3. The van der Waals surface area contributed by atoms with Crippen LogP contribution < -0.4 is 5.32 Å². The molecule has 0 aliphatic carbocycles. The summed E-state index contributed by atoms with van der Waals surface area (Å²) in [6.07, 6.45) is 3.52. The van der Waals surface area contributed by atoms with Crippen LogP contribution in [-0.2, 0) is 6.54 Å². The predicted molar refractivity (Wildman–Crippen MR) is 80.0 cm³/mol. The third kappa shape index (κ3) is 2.31. The van der Waals surface area contributed by atoms with Crippen molar-refractivity contribution in [2.75, 3.05) is 5.32 Å². The Morgan fingerprint density at radius 3 is 2.95 bits per heavy atom. The molecule has 2 aromatic heterocycles. The molecule has 98 valence electrons. The standard InChI is InChI=1S/C13H13ClN4S/c1-7-3-10-12(18-6-17-10)11(8(7)2)15-4-9-5-16-13(14)19-9/h3,5-6,15H,4H2,1-2H3,(H,17,18). The Bertz CT molecular complexity index is 731. The van der Waals surface area contributed by atoms with Crippen LogP contribution in [0.3, 0.4) is 0 Å². The fourth-order valence-electron chi connectivity index (χ4n) is 2.07. The van der Waals surface area contributed by atoms with E-state index in [0.717, 1.165) is 21.6 Å². The van der Waals surface area contributed by atoms with Gasteiger partial charge in [-0.1, -0.05) is 11.6 Å². The van der Waals surface area contributed by atoms with E-state index >= 15 is 0 Å². The van der Waals surface area contributed by atoms with Crippen LogP contribution in [0, 0.1) is 13.8 Å². The average molecular weight is 293 g/mol. The van der Waals surface area contributed by atoms with Crippen LogP contribution in [0.5, 0.6) is 0 Å². The van der Waals surface area contributed by atoms with Crippen LogP contribution in [0.15, 0.2) is 18.6 Å². The van der Waals surface area contributed by atoms with E-state index in [-0.39, 0.29) is 0 Å². The van der Waals surface area contributed by atoms with E-state index in [1.807, 2.05) is 0 Å². The van der Waals surface area contributed by atoms with Gasteiger partial charge in [0.15, 0.2) is 4.47 Å². The Kier molecular flexibility index (Phi) is 3.16. The van der Waals surface area contributed by atoms with Gasteiger partial charge in [0.25, 0.3) is 0 Å². The second-order valence-electron chi connectivity index (χ2n) is 4.43. The van der Waals surface area contributed by atoms with E-state index in [0.29, 0.717) is 11.0 Å². The molecule has 0 unspecified atom stereocenters. The molecule has 0 aliphatic rings. The van der Waals surface area contributed by atoms with E-state index in [9.17, 15) is 0 Å². The minimum Gasteiger partial charge on any atom is -0.378 e. The molecule has 0 aliphatic heterocycles. The molecular weight excluding hydrogens is 280 g/mol. The first-order valence-corrected chi connectivity index (χ1v) is 7.12. The molecule has 0 atom stereocenters. The Balaban J connectivity index is 1.95. The quantitative estimate of drug-likeness (QED) is 0.770. The first-order valence-electron chi connectivity index (χ1n) is 5.92. The molecule has 0 saturated carbocycles. The highest BCUT2D eigenvalue weighted by Crippen LogP contribution is 2.28. The SMILES string of the molecule is Cc1cc2[nH]cnc2c(NCc2cnc(Cl)s2)c1C. The van der Waals surface area contributed by atoms with Gasteiger partial charge in [0.05, 0.1) is 24.1 Å². The predicted octanol–water partition coefficient (Wildman–Crippen LogP) is 3.90. The smallest absolute Gasteiger partial charge is 0.183 e. The molecule has 19 heavy (non-hydrogen) atoms. The molecule has 1 aromatic carbocycles. The molecule has 2 heterocycles. The summed E-state index contributed by atoms with van der Waals surface area (Å²) >= 11 is 7.33.